The van der Waals surface area contributed by atoms with E-state index in [4.69, 9.17) is 0 Å². The van der Waals surface area contributed by atoms with Crippen molar-refractivity contribution in [2.75, 3.05) is 6.54 Å². The predicted molar refractivity (Wildman–Crippen MR) is 72.5 cm³/mol. The summed E-state index contributed by atoms with van der Waals surface area (Å²) >= 11 is 0. The van der Waals surface area contributed by atoms with Crippen LogP contribution >= 0.6 is 0 Å². The van der Waals surface area contributed by atoms with Gasteiger partial charge in [-0.25, -0.2) is 4.98 Å². The van der Waals surface area contributed by atoms with Crippen molar-refractivity contribution < 1.29 is 0 Å². The van der Waals surface area contributed by atoms with Crippen LogP contribution in [0.3, 0.4) is 0 Å². The first-order valence-electron chi connectivity index (χ1n) is 6.68. The summed E-state index contributed by atoms with van der Waals surface area (Å²) in [6.45, 7) is 2.01. The standard InChI is InChI=1S/C15H19N3/c1-2-4-14(11-18-10-9-16-12-18)13(3-1)7-8-17-15-5-6-15/h1-4,9-10,12,15,17H,5-8,11H2. The van der Waals surface area contributed by atoms with Gasteiger partial charge in [-0.2, -0.15) is 0 Å². The molecular weight excluding hydrogens is 222 g/mol. The van der Waals surface area contributed by atoms with Crippen molar-refractivity contribution in [1.82, 2.24) is 14.9 Å². The largest absolute Gasteiger partial charge is 0.333 e. The normalized spacial score (nSPS) is 14.9. The molecule has 3 heteroatoms. The third-order valence-corrected chi connectivity index (χ3v) is 3.44. The second kappa shape index (κ2) is 5.36. The van der Waals surface area contributed by atoms with Gasteiger partial charge in [0.15, 0.2) is 0 Å². The Balaban J connectivity index is 1.64. The van der Waals surface area contributed by atoms with Crippen molar-refractivity contribution in [3.8, 4) is 0 Å². The number of imidazole rings is 1. The zero-order chi connectivity index (χ0) is 12.2. The lowest BCUT2D eigenvalue weighted by atomic mass is 10.0. The molecule has 0 atom stereocenters. The van der Waals surface area contributed by atoms with Crippen molar-refractivity contribution in [2.45, 2.75) is 31.8 Å². The van der Waals surface area contributed by atoms with Crippen LogP contribution in [-0.4, -0.2) is 22.1 Å². The monoisotopic (exact) mass is 241 g/mol. The number of hydrogen-bond donors (Lipinski definition) is 1. The maximum absolute atomic E-state index is 4.09. The summed E-state index contributed by atoms with van der Waals surface area (Å²) in [5.74, 6) is 0. The third-order valence-electron chi connectivity index (χ3n) is 3.44. The number of hydrogen-bond acceptors (Lipinski definition) is 2. The molecule has 1 heterocycles. The van der Waals surface area contributed by atoms with E-state index in [0.717, 1.165) is 25.6 Å². The van der Waals surface area contributed by atoms with Crippen LogP contribution in [0.4, 0.5) is 0 Å². The molecule has 0 unspecified atom stereocenters. The molecule has 1 aromatic heterocycles. The lowest BCUT2D eigenvalue weighted by Crippen LogP contribution is -2.19. The minimum Gasteiger partial charge on any atom is -0.333 e. The van der Waals surface area contributed by atoms with Crippen LogP contribution in [0, 0.1) is 0 Å². The van der Waals surface area contributed by atoms with Gasteiger partial charge in [0.25, 0.3) is 0 Å². The molecule has 0 bridgehead atoms. The van der Waals surface area contributed by atoms with E-state index in [0.29, 0.717) is 0 Å². The van der Waals surface area contributed by atoms with Crippen LogP contribution in [0.15, 0.2) is 43.0 Å². The van der Waals surface area contributed by atoms with E-state index >= 15 is 0 Å². The first-order chi connectivity index (χ1) is 8.92. The van der Waals surface area contributed by atoms with Gasteiger partial charge < -0.3 is 9.88 Å². The van der Waals surface area contributed by atoms with Gasteiger partial charge >= 0.3 is 0 Å². The van der Waals surface area contributed by atoms with Crippen molar-refractivity contribution in [1.29, 1.82) is 0 Å². The van der Waals surface area contributed by atoms with Crippen LogP contribution in [0.2, 0.25) is 0 Å². The molecule has 94 valence electrons. The number of rotatable bonds is 6. The molecule has 3 nitrogen and oxygen atoms in total. The lowest BCUT2D eigenvalue weighted by Gasteiger charge is -2.10. The third kappa shape index (κ3) is 2.99. The van der Waals surface area contributed by atoms with Crippen molar-refractivity contribution in [3.05, 3.63) is 54.1 Å². The highest BCUT2D eigenvalue weighted by atomic mass is 15.0. The van der Waals surface area contributed by atoms with Gasteiger partial charge in [-0.3, -0.25) is 0 Å². The molecular formula is C15H19N3. The molecule has 18 heavy (non-hydrogen) atoms. The van der Waals surface area contributed by atoms with Crippen molar-refractivity contribution in [3.63, 3.8) is 0 Å². The lowest BCUT2D eigenvalue weighted by molar-refractivity contribution is 0.676. The average molecular weight is 241 g/mol. The molecule has 2 aromatic rings. The molecule has 1 aliphatic carbocycles. The molecule has 1 aliphatic rings. The van der Waals surface area contributed by atoms with Crippen LogP contribution in [0.25, 0.3) is 0 Å². The average Bonchev–Trinajstić information content (AvgIpc) is 3.07. The molecule has 1 N–H and O–H groups in total. The minimum absolute atomic E-state index is 0.797. The molecule has 3 rings (SSSR count). The summed E-state index contributed by atoms with van der Waals surface area (Å²) in [4.78, 5) is 4.09. The molecule has 1 saturated carbocycles. The Kier molecular flexibility index (Phi) is 3.42. The molecule has 0 aliphatic heterocycles. The fraction of sp³-hybridized carbons (Fsp3) is 0.400. The van der Waals surface area contributed by atoms with Crippen LogP contribution in [-0.2, 0) is 13.0 Å². The molecule has 1 fully saturated rings. The fourth-order valence-electron chi connectivity index (χ4n) is 2.23. The quantitative estimate of drug-likeness (QED) is 0.840. The van der Waals surface area contributed by atoms with E-state index in [1.165, 1.54) is 24.0 Å². The second-order valence-corrected chi connectivity index (χ2v) is 4.98. The van der Waals surface area contributed by atoms with E-state index in [1.807, 2.05) is 18.7 Å². The summed E-state index contributed by atoms with van der Waals surface area (Å²) < 4.78 is 2.12. The first-order valence-corrected chi connectivity index (χ1v) is 6.68. The van der Waals surface area contributed by atoms with Gasteiger partial charge in [-0.1, -0.05) is 24.3 Å². The predicted octanol–water partition coefficient (Wildman–Crippen LogP) is 2.23. The zero-order valence-electron chi connectivity index (χ0n) is 10.5. The van der Waals surface area contributed by atoms with Gasteiger partial charge in [0.1, 0.15) is 0 Å². The fourth-order valence-corrected chi connectivity index (χ4v) is 2.23. The highest BCUT2D eigenvalue weighted by Crippen LogP contribution is 2.18. The van der Waals surface area contributed by atoms with E-state index < -0.39 is 0 Å². The maximum atomic E-state index is 4.09. The Labute approximate surface area is 108 Å². The van der Waals surface area contributed by atoms with Gasteiger partial charge in [-0.15, -0.1) is 0 Å². The summed E-state index contributed by atoms with van der Waals surface area (Å²) in [6.07, 6.45) is 9.55. The Morgan fingerprint density at radius 2 is 2.06 bits per heavy atom. The van der Waals surface area contributed by atoms with E-state index in [9.17, 15) is 0 Å². The zero-order valence-corrected chi connectivity index (χ0v) is 10.5. The number of benzene rings is 1. The summed E-state index contributed by atoms with van der Waals surface area (Å²) in [6, 6.07) is 9.49. The maximum Gasteiger partial charge on any atom is 0.0949 e. The van der Waals surface area contributed by atoms with Crippen LogP contribution in [0.1, 0.15) is 24.0 Å². The molecule has 0 spiro atoms. The molecule has 0 saturated heterocycles. The number of nitrogens with one attached hydrogen (secondary N) is 1. The highest BCUT2D eigenvalue weighted by molar-refractivity contribution is 5.27. The Bertz CT molecular complexity index is 486. The van der Waals surface area contributed by atoms with Crippen molar-refractivity contribution in [2.24, 2.45) is 0 Å². The SMILES string of the molecule is c1ccc(Cn2ccnc2)c(CCNC2CC2)c1. The smallest absolute Gasteiger partial charge is 0.0949 e. The highest BCUT2D eigenvalue weighted by Gasteiger charge is 2.19. The molecule has 1 aromatic carbocycles. The van der Waals surface area contributed by atoms with Crippen molar-refractivity contribution >= 4 is 0 Å². The minimum atomic E-state index is 0.797. The Hall–Kier alpha value is -1.61. The van der Waals surface area contributed by atoms with Gasteiger partial charge in [-0.05, 0) is 36.9 Å². The van der Waals surface area contributed by atoms with Gasteiger partial charge in [0, 0.05) is 25.0 Å². The van der Waals surface area contributed by atoms with Gasteiger partial charge in [0.05, 0.1) is 6.33 Å². The first kappa shape index (κ1) is 11.5. The second-order valence-electron chi connectivity index (χ2n) is 4.98. The topological polar surface area (TPSA) is 29.9 Å². The molecule has 0 amide bonds. The number of nitrogens with zero attached hydrogens (tertiary/aromatic N) is 2. The van der Waals surface area contributed by atoms with Crippen LogP contribution in [0.5, 0.6) is 0 Å². The van der Waals surface area contributed by atoms with E-state index in [-0.39, 0.29) is 0 Å². The van der Waals surface area contributed by atoms with E-state index in [2.05, 4.69) is 39.1 Å². The summed E-state index contributed by atoms with van der Waals surface area (Å²) in [5.41, 5.74) is 2.84. The van der Waals surface area contributed by atoms with Gasteiger partial charge in [0.2, 0.25) is 0 Å². The van der Waals surface area contributed by atoms with E-state index in [1.54, 1.807) is 0 Å². The summed E-state index contributed by atoms with van der Waals surface area (Å²) in [7, 11) is 0. The Morgan fingerprint density at radius 3 is 2.78 bits per heavy atom. The number of aromatic nitrogens is 2. The Morgan fingerprint density at radius 1 is 1.22 bits per heavy atom. The van der Waals surface area contributed by atoms with Crippen LogP contribution < -0.4 is 5.32 Å². The summed E-state index contributed by atoms with van der Waals surface area (Å²) in [5, 5.41) is 3.57. The molecule has 0 radical (unpaired) electrons.